The lowest BCUT2D eigenvalue weighted by atomic mass is 9.75. The van der Waals surface area contributed by atoms with Crippen LogP contribution in [0.3, 0.4) is 0 Å². The Morgan fingerprint density at radius 3 is 2.19 bits per heavy atom. The van der Waals surface area contributed by atoms with Gasteiger partial charge in [0.2, 0.25) is 0 Å². The van der Waals surface area contributed by atoms with Crippen molar-refractivity contribution in [1.29, 1.82) is 0 Å². The molecule has 0 aromatic rings. The highest BCUT2D eigenvalue weighted by molar-refractivity contribution is 5.37. The summed E-state index contributed by atoms with van der Waals surface area (Å²) in [6.45, 7) is 16.6. The minimum Gasteiger partial charge on any atom is -0.360 e. The number of halogens is 1. The average molecular weight is 297 g/mol. The van der Waals surface area contributed by atoms with Crippen LogP contribution in [0, 0.1) is 11.8 Å². The van der Waals surface area contributed by atoms with Gasteiger partial charge in [-0.1, -0.05) is 27.7 Å². The summed E-state index contributed by atoms with van der Waals surface area (Å²) in [4.78, 5) is 2.23. The van der Waals surface area contributed by atoms with Gasteiger partial charge in [-0.2, -0.15) is 0 Å². The highest BCUT2D eigenvalue weighted by Gasteiger charge is 2.54. The molecular formula is C18H32FNO. The molecule has 0 aromatic heterocycles. The molecule has 0 N–H and O–H groups in total. The highest BCUT2D eigenvalue weighted by atomic mass is 19.1. The van der Waals surface area contributed by atoms with Crippen LogP contribution in [0.15, 0.2) is 11.1 Å². The van der Waals surface area contributed by atoms with Gasteiger partial charge >= 0.3 is 0 Å². The van der Waals surface area contributed by atoms with Crippen LogP contribution in [-0.4, -0.2) is 41.9 Å². The number of hydrogen-bond donors (Lipinski definition) is 0. The molecule has 1 spiro atoms. The molecule has 0 radical (unpaired) electrons. The highest BCUT2D eigenvalue weighted by Crippen LogP contribution is 2.49. The standard InChI is InChI=1S/C18H32FNO/c1-11(2)16-14(7)21-18(17(16)12(3)4)8-9-20(13(5)6)10-15(18)19/h11-15H,8-10H2,1-7H3/t14-,15+,18+/m1/s1. The van der Waals surface area contributed by atoms with Crippen LogP contribution in [0.25, 0.3) is 0 Å². The average Bonchev–Trinajstić information content (AvgIpc) is 2.66. The molecule has 2 heterocycles. The molecule has 2 rings (SSSR count). The molecule has 3 atom stereocenters. The van der Waals surface area contributed by atoms with Gasteiger partial charge in [-0.05, 0) is 50.2 Å². The van der Waals surface area contributed by atoms with Crippen molar-refractivity contribution in [3.8, 4) is 0 Å². The van der Waals surface area contributed by atoms with E-state index in [4.69, 9.17) is 4.74 Å². The Hall–Kier alpha value is -0.410. The van der Waals surface area contributed by atoms with Gasteiger partial charge in [-0.25, -0.2) is 4.39 Å². The second-order valence-corrected chi connectivity index (χ2v) is 7.63. The molecule has 2 aliphatic heterocycles. The largest absolute Gasteiger partial charge is 0.360 e. The first-order chi connectivity index (χ1) is 9.70. The van der Waals surface area contributed by atoms with E-state index in [0.717, 1.165) is 13.0 Å². The quantitative estimate of drug-likeness (QED) is 0.724. The minimum atomic E-state index is -0.926. The Labute approximate surface area is 129 Å². The van der Waals surface area contributed by atoms with E-state index in [1.807, 2.05) is 0 Å². The van der Waals surface area contributed by atoms with E-state index < -0.39 is 11.8 Å². The number of nitrogens with zero attached hydrogens (tertiary/aromatic N) is 1. The molecule has 1 saturated heterocycles. The summed E-state index contributed by atoms with van der Waals surface area (Å²) in [6.07, 6.45) is -0.101. The van der Waals surface area contributed by atoms with E-state index in [9.17, 15) is 0 Å². The van der Waals surface area contributed by atoms with E-state index in [1.54, 1.807) is 0 Å². The summed E-state index contributed by atoms with van der Waals surface area (Å²) in [5, 5.41) is 0. The van der Waals surface area contributed by atoms with E-state index in [0.29, 0.717) is 24.4 Å². The summed E-state index contributed by atoms with van der Waals surface area (Å²) in [7, 11) is 0. The van der Waals surface area contributed by atoms with Crippen molar-refractivity contribution in [3.63, 3.8) is 0 Å². The fourth-order valence-electron chi connectivity index (χ4n) is 4.32. The lowest BCUT2D eigenvalue weighted by Gasteiger charge is -2.45. The molecule has 1 fully saturated rings. The first-order valence-corrected chi connectivity index (χ1v) is 8.51. The van der Waals surface area contributed by atoms with Gasteiger partial charge in [-0.15, -0.1) is 0 Å². The molecule has 0 saturated carbocycles. The first kappa shape index (κ1) is 17.0. The third-order valence-corrected chi connectivity index (χ3v) is 5.19. The number of piperidine rings is 1. The normalized spacial score (nSPS) is 35.0. The molecule has 21 heavy (non-hydrogen) atoms. The first-order valence-electron chi connectivity index (χ1n) is 8.51. The zero-order valence-corrected chi connectivity index (χ0v) is 14.7. The molecule has 0 amide bonds. The van der Waals surface area contributed by atoms with E-state index >= 15 is 4.39 Å². The van der Waals surface area contributed by atoms with E-state index in [-0.39, 0.29) is 6.10 Å². The van der Waals surface area contributed by atoms with Gasteiger partial charge in [0, 0.05) is 19.1 Å². The van der Waals surface area contributed by atoms with E-state index in [1.165, 1.54) is 11.1 Å². The Bertz CT molecular complexity index is 415. The van der Waals surface area contributed by atoms with Crippen LogP contribution in [0.4, 0.5) is 4.39 Å². The molecule has 0 aliphatic carbocycles. The van der Waals surface area contributed by atoms with Crippen molar-refractivity contribution < 1.29 is 9.13 Å². The predicted molar refractivity (Wildman–Crippen MR) is 86.2 cm³/mol. The summed E-state index contributed by atoms with van der Waals surface area (Å²) in [5.41, 5.74) is 1.92. The summed E-state index contributed by atoms with van der Waals surface area (Å²) < 4.78 is 21.5. The molecular weight excluding hydrogens is 265 g/mol. The number of rotatable bonds is 3. The summed E-state index contributed by atoms with van der Waals surface area (Å²) in [6, 6.07) is 0.399. The van der Waals surface area contributed by atoms with Crippen molar-refractivity contribution in [1.82, 2.24) is 4.90 Å². The molecule has 3 heteroatoms. The van der Waals surface area contributed by atoms with Gasteiger partial charge in [0.1, 0.15) is 11.8 Å². The van der Waals surface area contributed by atoms with Crippen molar-refractivity contribution in [3.05, 3.63) is 11.1 Å². The molecule has 122 valence electrons. The Morgan fingerprint density at radius 2 is 1.76 bits per heavy atom. The summed E-state index contributed by atoms with van der Waals surface area (Å²) in [5.74, 6) is 0.767. The van der Waals surface area contributed by atoms with Gasteiger partial charge in [0.05, 0.1) is 6.10 Å². The van der Waals surface area contributed by atoms with Gasteiger partial charge in [0.15, 0.2) is 0 Å². The lowest BCUT2D eigenvalue weighted by molar-refractivity contribution is -0.116. The third-order valence-electron chi connectivity index (χ3n) is 5.19. The maximum absolute atomic E-state index is 15.2. The van der Waals surface area contributed by atoms with Crippen molar-refractivity contribution in [2.24, 2.45) is 11.8 Å². The zero-order valence-electron chi connectivity index (χ0n) is 14.7. The van der Waals surface area contributed by atoms with Crippen LogP contribution in [0.5, 0.6) is 0 Å². The number of likely N-dealkylation sites (tertiary alicyclic amines) is 1. The topological polar surface area (TPSA) is 12.5 Å². The molecule has 0 unspecified atom stereocenters. The SMILES string of the molecule is CC(C)C1=C(C(C)C)[C@@]2(CCN(C(C)C)C[C@@H]2F)O[C@@H]1C. The van der Waals surface area contributed by atoms with Gasteiger partial charge in [-0.3, -0.25) is 4.90 Å². The number of ether oxygens (including phenoxy) is 1. The predicted octanol–water partition coefficient (Wildman–Crippen LogP) is 4.20. The van der Waals surface area contributed by atoms with Crippen LogP contribution in [-0.2, 0) is 4.74 Å². The molecule has 0 bridgehead atoms. The summed E-state index contributed by atoms with van der Waals surface area (Å²) >= 11 is 0. The van der Waals surface area contributed by atoms with Crippen LogP contribution in [0.1, 0.15) is 54.9 Å². The smallest absolute Gasteiger partial charge is 0.145 e. The minimum absolute atomic E-state index is 0.0475. The Kier molecular flexibility index (Phi) is 4.84. The molecule has 2 nitrogen and oxygen atoms in total. The maximum Gasteiger partial charge on any atom is 0.145 e. The van der Waals surface area contributed by atoms with Crippen molar-refractivity contribution >= 4 is 0 Å². The van der Waals surface area contributed by atoms with Crippen LogP contribution < -0.4 is 0 Å². The number of alkyl halides is 1. The van der Waals surface area contributed by atoms with E-state index in [2.05, 4.69) is 53.4 Å². The van der Waals surface area contributed by atoms with Gasteiger partial charge in [0.25, 0.3) is 0 Å². The lowest BCUT2D eigenvalue weighted by Crippen LogP contribution is -2.57. The van der Waals surface area contributed by atoms with Crippen molar-refractivity contribution in [2.45, 2.75) is 78.8 Å². The van der Waals surface area contributed by atoms with Gasteiger partial charge < -0.3 is 4.74 Å². The molecule has 2 aliphatic rings. The second kappa shape index (κ2) is 6.00. The Morgan fingerprint density at radius 1 is 1.14 bits per heavy atom. The Balaban J connectivity index is 2.39. The molecule has 0 aromatic carbocycles. The van der Waals surface area contributed by atoms with Crippen LogP contribution >= 0.6 is 0 Å². The van der Waals surface area contributed by atoms with Crippen molar-refractivity contribution in [2.75, 3.05) is 13.1 Å². The van der Waals surface area contributed by atoms with Crippen LogP contribution in [0.2, 0.25) is 0 Å². The third kappa shape index (κ3) is 2.79. The monoisotopic (exact) mass is 297 g/mol. The fourth-order valence-corrected chi connectivity index (χ4v) is 4.32. The maximum atomic E-state index is 15.2. The second-order valence-electron chi connectivity index (χ2n) is 7.63. The number of hydrogen-bond acceptors (Lipinski definition) is 2. The fraction of sp³-hybridized carbons (Fsp3) is 0.889. The zero-order chi connectivity index (χ0) is 15.9.